The summed E-state index contributed by atoms with van der Waals surface area (Å²) in [7, 11) is 0. The fourth-order valence-electron chi connectivity index (χ4n) is 9.90. The second-order valence-electron chi connectivity index (χ2n) is 16.9. The molecule has 0 bridgehead atoms. The fourth-order valence-corrected chi connectivity index (χ4v) is 9.90. The monoisotopic (exact) mass is 840 g/mol. The van der Waals surface area contributed by atoms with Crippen LogP contribution in [-0.4, -0.2) is 0 Å². The summed E-state index contributed by atoms with van der Waals surface area (Å²) in [6.07, 6.45) is 0. The van der Waals surface area contributed by atoms with Gasteiger partial charge in [-0.2, -0.15) is 0 Å². The van der Waals surface area contributed by atoms with Crippen molar-refractivity contribution in [3.63, 3.8) is 0 Å². The average molecular weight is 841 g/mol. The van der Waals surface area contributed by atoms with E-state index in [-0.39, 0.29) is 0 Å². The maximum absolute atomic E-state index is 2.46. The van der Waals surface area contributed by atoms with Crippen LogP contribution < -0.4 is 9.80 Å². The molecular weight excluding hydrogens is 797 g/mol. The van der Waals surface area contributed by atoms with Gasteiger partial charge in [0.25, 0.3) is 0 Å². The Balaban J connectivity index is 1.08. The standard InChI is InChI=1S/C64H44N2/c1-5-17-45(18-6-1)47-29-37-53(38-30-47)65(59-27-15-13-25-55(59)49-21-9-3-10-22-49)61-43-35-51-34-42-58-62(44-36-52-33-41-57(61)63(51)64(52)58)66(54-39-31-48(32-40-54)46-19-7-2-8-20-46)60-28-16-14-26-56(60)50-23-11-4-12-24-50/h1-44H. The van der Waals surface area contributed by atoms with E-state index in [2.05, 4.69) is 277 Å². The van der Waals surface area contributed by atoms with Crippen LogP contribution in [0.3, 0.4) is 0 Å². The maximum Gasteiger partial charge on any atom is 0.0540 e. The van der Waals surface area contributed by atoms with E-state index in [1.165, 1.54) is 76.8 Å². The third-order valence-electron chi connectivity index (χ3n) is 13.0. The lowest BCUT2D eigenvalue weighted by atomic mass is 9.91. The van der Waals surface area contributed by atoms with E-state index < -0.39 is 0 Å². The molecular formula is C64H44N2. The first-order valence-electron chi connectivity index (χ1n) is 22.7. The molecule has 12 rings (SSSR count). The van der Waals surface area contributed by atoms with Crippen LogP contribution in [-0.2, 0) is 0 Å². The Bertz CT molecular complexity index is 3360. The number of hydrogen-bond acceptors (Lipinski definition) is 2. The van der Waals surface area contributed by atoms with E-state index in [1.54, 1.807) is 0 Å². The summed E-state index contributed by atoms with van der Waals surface area (Å²) in [5.74, 6) is 0. The van der Waals surface area contributed by atoms with Crippen LogP contribution in [0.5, 0.6) is 0 Å². The zero-order valence-corrected chi connectivity index (χ0v) is 36.3. The molecule has 310 valence electrons. The average Bonchev–Trinajstić information content (AvgIpc) is 3.40. The van der Waals surface area contributed by atoms with Gasteiger partial charge in [0.1, 0.15) is 0 Å². The van der Waals surface area contributed by atoms with Gasteiger partial charge >= 0.3 is 0 Å². The Labute approximate surface area is 385 Å². The number of benzene rings is 12. The summed E-state index contributed by atoms with van der Waals surface area (Å²) in [5.41, 5.74) is 16.1. The topological polar surface area (TPSA) is 6.48 Å². The van der Waals surface area contributed by atoms with E-state index in [0.29, 0.717) is 0 Å². The lowest BCUT2D eigenvalue weighted by Crippen LogP contribution is -2.12. The third-order valence-corrected chi connectivity index (χ3v) is 13.0. The van der Waals surface area contributed by atoms with E-state index in [9.17, 15) is 0 Å². The number of anilines is 6. The van der Waals surface area contributed by atoms with E-state index >= 15 is 0 Å². The third kappa shape index (κ3) is 6.93. The van der Waals surface area contributed by atoms with Crippen molar-refractivity contribution in [1.82, 2.24) is 0 Å². The van der Waals surface area contributed by atoms with Crippen LogP contribution in [0.25, 0.3) is 76.8 Å². The molecule has 0 saturated heterocycles. The molecule has 0 spiro atoms. The molecule has 0 unspecified atom stereocenters. The normalized spacial score (nSPS) is 11.3. The quantitative estimate of drug-likeness (QED) is 0.127. The zero-order valence-electron chi connectivity index (χ0n) is 36.3. The molecule has 0 fully saturated rings. The molecule has 0 radical (unpaired) electrons. The fraction of sp³-hybridized carbons (Fsp3) is 0. The van der Waals surface area contributed by atoms with Crippen molar-refractivity contribution in [3.05, 3.63) is 267 Å². The summed E-state index contributed by atoms with van der Waals surface area (Å²) in [6, 6.07) is 97.0. The minimum absolute atomic E-state index is 1.09. The van der Waals surface area contributed by atoms with Gasteiger partial charge in [0.05, 0.1) is 22.7 Å². The Morgan fingerprint density at radius 1 is 0.197 bits per heavy atom. The number of hydrogen-bond donors (Lipinski definition) is 0. The molecule has 12 aromatic rings. The zero-order chi connectivity index (χ0) is 43.8. The van der Waals surface area contributed by atoms with Gasteiger partial charge in [-0.1, -0.05) is 218 Å². The molecule has 0 atom stereocenters. The van der Waals surface area contributed by atoms with Crippen molar-refractivity contribution in [2.75, 3.05) is 9.80 Å². The molecule has 66 heavy (non-hydrogen) atoms. The van der Waals surface area contributed by atoms with Crippen LogP contribution in [0.15, 0.2) is 267 Å². The minimum Gasteiger partial charge on any atom is -0.309 e. The highest BCUT2D eigenvalue weighted by molar-refractivity contribution is 6.28. The second-order valence-corrected chi connectivity index (χ2v) is 16.9. The van der Waals surface area contributed by atoms with Gasteiger partial charge in [-0.3, -0.25) is 0 Å². The lowest BCUT2D eigenvalue weighted by Gasteiger charge is -2.31. The van der Waals surface area contributed by atoms with E-state index in [1.807, 2.05) is 0 Å². The summed E-state index contributed by atoms with van der Waals surface area (Å²) in [4.78, 5) is 4.92. The molecule has 0 aliphatic rings. The predicted octanol–water partition coefficient (Wildman–Crippen LogP) is 18.2. The van der Waals surface area contributed by atoms with Crippen LogP contribution >= 0.6 is 0 Å². The van der Waals surface area contributed by atoms with Crippen molar-refractivity contribution < 1.29 is 0 Å². The molecule has 0 aromatic heterocycles. The highest BCUT2D eigenvalue weighted by Crippen LogP contribution is 2.50. The Kier molecular flexibility index (Phi) is 9.89. The Morgan fingerprint density at radius 3 is 0.879 bits per heavy atom. The molecule has 0 saturated carbocycles. The highest BCUT2D eigenvalue weighted by Gasteiger charge is 2.24. The lowest BCUT2D eigenvalue weighted by molar-refractivity contribution is 1.30. The largest absolute Gasteiger partial charge is 0.309 e. The van der Waals surface area contributed by atoms with E-state index in [0.717, 1.165) is 34.1 Å². The Morgan fingerprint density at radius 2 is 0.500 bits per heavy atom. The maximum atomic E-state index is 2.46. The van der Waals surface area contributed by atoms with Crippen molar-refractivity contribution >= 4 is 66.4 Å². The van der Waals surface area contributed by atoms with Crippen LogP contribution in [0.4, 0.5) is 34.1 Å². The Hall–Kier alpha value is -8.72. The van der Waals surface area contributed by atoms with Crippen molar-refractivity contribution in [3.8, 4) is 44.5 Å². The van der Waals surface area contributed by atoms with Gasteiger partial charge in [-0.15, -0.1) is 0 Å². The number of para-hydroxylation sites is 2. The summed E-state index contributed by atoms with van der Waals surface area (Å²) in [5, 5.41) is 7.32. The summed E-state index contributed by atoms with van der Waals surface area (Å²) in [6.45, 7) is 0. The number of rotatable bonds is 10. The molecule has 0 aliphatic carbocycles. The summed E-state index contributed by atoms with van der Waals surface area (Å²) >= 11 is 0. The molecule has 0 N–H and O–H groups in total. The van der Waals surface area contributed by atoms with Gasteiger partial charge < -0.3 is 9.80 Å². The van der Waals surface area contributed by atoms with E-state index in [4.69, 9.17) is 0 Å². The first-order valence-corrected chi connectivity index (χ1v) is 22.7. The molecule has 2 nitrogen and oxygen atoms in total. The minimum atomic E-state index is 1.09. The highest BCUT2D eigenvalue weighted by atomic mass is 15.2. The smallest absolute Gasteiger partial charge is 0.0540 e. The van der Waals surface area contributed by atoms with Crippen molar-refractivity contribution in [1.29, 1.82) is 0 Å². The molecule has 2 heteroatoms. The SMILES string of the molecule is c1ccc(-c2ccc(N(c3ccccc3-c3ccccc3)c3ccc4ccc5c(N(c6ccc(-c7ccccc7)cc6)c6ccccc6-c6ccccc6)ccc6ccc3c4c65)cc2)cc1. The van der Waals surface area contributed by atoms with Crippen LogP contribution in [0.2, 0.25) is 0 Å². The first kappa shape index (κ1) is 38.9. The first-order chi connectivity index (χ1) is 32.8. The molecule has 0 heterocycles. The van der Waals surface area contributed by atoms with Gasteiger partial charge in [0, 0.05) is 33.3 Å². The van der Waals surface area contributed by atoms with Gasteiger partial charge in [0.15, 0.2) is 0 Å². The van der Waals surface area contributed by atoms with Gasteiger partial charge in [-0.05, 0) is 103 Å². The second kappa shape index (κ2) is 16.8. The number of nitrogens with zero attached hydrogens (tertiary/aromatic N) is 2. The molecule has 0 amide bonds. The summed E-state index contributed by atoms with van der Waals surface area (Å²) < 4.78 is 0. The van der Waals surface area contributed by atoms with Crippen LogP contribution in [0.1, 0.15) is 0 Å². The van der Waals surface area contributed by atoms with Crippen LogP contribution in [0, 0.1) is 0 Å². The van der Waals surface area contributed by atoms with Crippen molar-refractivity contribution in [2.45, 2.75) is 0 Å². The molecule has 0 aliphatic heterocycles. The van der Waals surface area contributed by atoms with Gasteiger partial charge in [-0.25, -0.2) is 0 Å². The molecule has 12 aromatic carbocycles. The van der Waals surface area contributed by atoms with Gasteiger partial charge in [0.2, 0.25) is 0 Å². The predicted molar refractivity (Wildman–Crippen MR) is 281 cm³/mol. The van der Waals surface area contributed by atoms with Crippen molar-refractivity contribution in [2.24, 2.45) is 0 Å².